The van der Waals surface area contributed by atoms with E-state index < -0.39 is 23.2 Å². The van der Waals surface area contributed by atoms with Gasteiger partial charge in [-0.3, -0.25) is 4.79 Å². The lowest BCUT2D eigenvalue weighted by Gasteiger charge is -2.54. The van der Waals surface area contributed by atoms with Crippen molar-refractivity contribution in [3.05, 3.63) is 11.6 Å². The van der Waals surface area contributed by atoms with E-state index in [1.807, 2.05) is 0 Å². The average molecular weight is 464 g/mol. The highest BCUT2D eigenvalue weighted by Gasteiger charge is 2.57. The van der Waals surface area contributed by atoms with E-state index in [0.29, 0.717) is 37.7 Å². The lowest BCUT2D eigenvalue weighted by Crippen LogP contribution is -2.55. The average Bonchev–Trinajstić information content (AvgIpc) is 3.43. The maximum Gasteiger partial charge on any atom is 0.159 e. The van der Waals surface area contributed by atoms with E-state index in [2.05, 4.69) is 26.1 Å². The number of fused-ring (bicyclic) bond motifs is 1. The molecule has 0 aromatic carbocycles. The Morgan fingerprint density at radius 2 is 2.03 bits per heavy atom. The van der Waals surface area contributed by atoms with Gasteiger partial charge in [0.05, 0.1) is 23.9 Å². The monoisotopic (exact) mass is 463 g/mol. The number of hydrogen-bond donors (Lipinski definition) is 4. The van der Waals surface area contributed by atoms with E-state index in [0.717, 1.165) is 57.2 Å². The summed E-state index contributed by atoms with van der Waals surface area (Å²) in [6, 6.07) is 0.284. The van der Waals surface area contributed by atoms with Crippen LogP contribution in [0.15, 0.2) is 11.6 Å². The van der Waals surface area contributed by atoms with Crippen LogP contribution in [0.4, 0.5) is 0 Å². The van der Waals surface area contributed by atoms with Crippen LogP contribution in [0.1, 0.15) is 85.0 Å². The fourth-order valence-corrected chi connectivity index (χ4v) is 7.33. The van der Waals surface area contributed by atoms with Gasteiger partial charge in [-0.1, -0.05) is 26.7 Å². The third-order valence-electron chi connectivity index (χ3n) is 9.49. The Hall–Kier alpha value is -0.790. The summed E-state index contributed by atoms with van der Waals surface area (Å²) >= 11 is 0. The fourth-order valence-electron chi connectivity index (χ4n) is 7.33. The molecule has 0 radical (unpaired) electrons. The first-order valence-electron chi connectivity index (χ1n) is 13.4. The number of ketones is 1. The minimum absolute atomic E-state index is 0.0210. The van der Waals surface area contributed by atoms with Crippen molar-refractivity contribution >= 4 is 5.78 Å². The van der Waals surface area contributed by atoms with Crippen LogP contribution >= 0.6 is 0 Å². The molecule has 3 aliphatic carbocycles. The highest BCUT2D eigenvalue weighted by molar-refractivity contribution is 5.94. The number of aliphatic hydroxyl groups is 3. The molecule has 3 fully saturated rings. The largest absolute Gasteiger partial charge is 0.390 e. The summed E-state index contributed by atoms with van der Waals surface area (Å²) in [7, 11) is 0. The zero-order valence-electron chi connectivity index (χ0n) is 20.8. The number of allylic oxidation sites excluding steroid dienone is 1. The summed E-state index contributed by atoms with van der Waals surface area (Å²) in [5.41, 5.74) is -0.489. The van der Waals surface area contributed by atoms with E-state index in [9.17, 15) is 20.1 Å². The van der Waals surface area contributed by atoms with E-state index in [1.165, 1.54) is 0 Å². The number of rotatable bonds is 8. The van der Waals surface area contributed by atoms with Gasteiger partial charge in [0.15, 0.2) is 5.78 Å². The highest BCUT2D eigenvalue weighted by atomic mass is 16.5. The van der Waals surface area contributed by atoms with Gasteiger partial charge in [-0.15, -0.1) is 0 Å². The molecule has 6 nitrogen and oxygen atoms in total. The summed E-state index contributed by atoms with van der Waals surface area (Å²) in [5, 5.41) is 36.4. The first-order chi connectivity index (χ1) is 15.7. The fraction of sp³-hybridized carbons (Fsp3) is 0.889. The number of carbonyl (C=O) groups excluding carboxylic acids is 1. The number of carbonyl (C=O) groups is 1. The van der Waals surface area contributed by atoms with Crippen molar-refractivity contribution in [2.24, 2.45) is 23.2 Å². The molecular formula is C27H45NO5. The van der Waals surface area contributed by atoms with Crippen LogP contribution < -0.4 is 5.32 Å². The van der Waals surface area contributed by atoms with Crippen LogP contribution in [0.5, 0.6) is 0 Å². The third-order valence-corrected chi connectivity index (χ3v) is 9.49. The van der Waals surface area contributed by atoms with Crippen LogP contribution in [0, 0.1) is 23.2 Å². The minimum atomic E-state index is -0.965. The second-order valence-corrected chi connectivity index (χ2v) is 11.7. The summed E-state index contributed by atoms with van der Waals surface area (Å²) < 4.78 is 5.75. The van der Waals surface area contributed by atoms with Crippen molar-refractivity contribution in [2.45, 2.75) is 115 Å². The Labute approximate surface area is 199 Å². The van der Waals surface area contributed by atoms with Crippen molar-refractivity contribution in [1.29, 1.82) is 0 Å². The van der Waals surface area contributed by atoms with Gasteiger partial charge in [-0.25, -0.2) is 0 Å². The van der Waals surface area contributed by atoms with Crippen LogP contribution in [0.25, 0.3) is 0 Å². The van der Waals surface area contributed by atoms with Crippen molar-refractivity contribution < 1.29 is 24.9 Å². The van der Waals surface area contributed by atoms with E-state index in [4.69, 9.17) is 4.74 Å². The van der Waals surface area contributed by atoms with Crippen LogP contribution in [0.3, 0.4) is 0 Å². The molecule has 1 aliphatic heterocycles. The lowest BCUT2D eigenvalue weighted by atomic mass is 9.51. The minimum Gasteiger partial charge on any atom is -0.390 e. The molecule has 33 heavy (non-hydrogen) atoms. The van der Waals surface area contributed by atoms with Gasteiger partial charge in [-0.05, 0) is 87.2 Å². The molecule has 3 unspecified atom stereocenters. The molecule has 1 heterocycles. The van der Waals surface area contributed by atoms with Crippen LogP contribution in [-0.2, 0) is 9.53 Å². The number of unbranched alkanes of at least 4 members (excludes halogenated alkanes) is 1. The summed E-state index contributed by atoms with van der Waals surface area (Å²) in [4.78, 5) is 13.3. The van der Waals surface area contributed by atoms with Crippen molar-refractivity contribution in [2.75, 3.05) is 13.2 Å². The van der Waals surface area contributed by atoms with Gasteiger partial charge in [0.1, 0.15) is 0 Å². The molecule has 0 spiro atoms. The maximum absolute atomic E-state index is 13.3. The van der Waals surface area contributed by atoms with Crippen LogP contribution in [0.2, 0.25) is 0 Å². The summed E-state index contributed by atoms with van der Waals surface area (Å²) in [6.07, 6.45) is 8.62. The Morgan fingerprint density at radius 1 is 1.24 bits per heavy atom. The second kappa shape index (κ2) is 10.1. The third kappa shape index (κ3) is 4.97. The molecule has 1 saturated heterocycles. The normalized spacial score (nSPS) is 44.5. The van der Waals surface area contributed by atoms with Gasteiger partial charge in [0.2, 0.25) is 0 Å². The highest BCUT2D eigenvalue weighted by Crippen LogP contribution is 2.58. The smallest absolute Gasteiger partial charge is 0.159 e. The molecule has 6 heteroatoms. The van der Waals surface area contributed by atoms with E-state index >= 15 is 0 Å². The molecule has 0 aromatic rings. The molecule has 4 aliphatic rings. The number of ether oxygens (including phenoxy) is 1. The van der Waals surface area contributed by atoms with Gasteiger partial charge in [0, 0.05) is 25.1 Å². The number of aliphatic hydroxyl groups excluding tert-OH is 2. The van der Waals surface area contributed by atoms with Crippen molar-refractivity contribution in [3.63, 3.8) is 0 Å². The Bertz CT molecular complexity index is 734. The molecule has 9 atom stereocenters. The predicted molar refractivity (Wildman–Crippen MR) is 128 cm³/mol. The molecule has 0 bridgehead atoms. The quantitative estimate of drug-likeness (QED) is 0.441. The number of nitrogens with one attached hydrogen (secondary N) is 1. The zero-order chi connectivity index (χ0) is 23.8. The van der Waals surface area contributed by atoms with Gasteiger partial charge >= 0.3 is 0 Å². The van der Waals surface area contributed by atoms with Gasteiger partial charge < -0.3 is 25.4 Å². The molecule has 2 saturated carbocycles. The van der Waals surface area contributed by atoms with Crippen molar-refractivity contribution in [1.82, 2.24) is 5.32 Å². The Kier molecular flexibility index (Phi) is 7.72. The topological polar surface area (TPSA) is 99.0 Å². The van der Waals surface area contributed by atoms with E-state index in [1.54, 1.807) is 6.08 Å². The predicted octanol–water partition coefficient (Wildman–Crippen LogP) is 3.13. The van der Waals surface area contributed by atoms with Crippen LogP contribution in [-0.4, -0.2) is 64.2 Å². The maximum atomic E-state index is 13.3. The molecule has 4 N–H and O–H groups in total. The molecule has 188 valence electrons. The van der Waals surface area contributed by atoms with Crippen molar-refractivity contribution in [3.8, 4) is 0 Å². The summed E-state index contributed by atoms with van der Waals surface area (Å²) in [5.74, 6) is 0.145. The van der Waals surface area contributed by atoms with Gasteiger partial charge in [0.25, 0.3) is 0 Å². The second-order valence-electron chi connectivity index (χ2n) is 11.7. The standard InChI is InChI=1S/C27H45NO5/c1-4-5-8-20-21(12-23(29)22-13-24(30)25(31)15-26(20,22)3)27(32)10-9-18(14-27)17(2)28-16-19-7-6-11-33-19/h12,17-20,22,24-25,28,30-32H,4-11,13-16H2,1-3H3/t17?,18-,19?,20?,22-,24+,25-,26+,27-/m0/s1. The lowest BCUT2D eigenvalue weighted by molar-refractivity contribution is -0.142. The zero-order valence-corrected chi connectivity index (χ0v) is 20.8. The first kappa shape index (κ1) is 25.3. The Balaban J connectivity index is 1.52. The van der Waals surface area contributed by atoms with Gasteiger partial charge in [-0.2, -0.15) is 0 Å². The SMILES string of the molecule is CCCCC1C([C@]2(O)CC[C@H](C(C)NCC3CCCO3)C2)=CC(=O)[C@@H]2C[C@@H](O)[C@@H](O)C[C@]12C. The molecule has 4 rings (SSSR count). The molecular weight excluding hydrogens is 418 g/mol. The molecule has 0 amide bonds. The summed E-state index contributed by atoms with van der Waals surface area (Å²) in [6.45, 7) is 8.20. The number of hydrogen-bond acceptors (Lipinski definition) is 6. The first-order valence-corrected chi connectivity index (χ1v) is 13.4. The molecule has 0 aromatic heterocycles. The van der Waals surface area contributed by atoms with E-state index in [-0.39, 0.29) is 23.7 Å². The Morgan fingerprint density at radius 3 is 2.73 bits per heavy atom.